The summed E-state index contributed by atoms with van der Waals surface area (Å²) in [6.07, 6.45) is 0. The number of aromatic nitrogens is 2. The summed E-state index contributed by atoms with van der Waals surface area (Å²) in [4.78, 5) is 19.8. The van der Waals surface area contributed by atoms with Gasteiger partial charge in [-0.1, -0.05) is 18.2 Å². The van der Waals surface area contributed by atoms with Crippen molar-refractivity contribution in [2.45, 2.75) is 13.5 Å². The number of para-hydroxylation sites is 2. The van der Waals surface area contributed by atoms with E-state index in [1.807, 2.05) is 37.3 Å². The van der Waals surface area contributed by atoms with Crippen LogP contribution in [0.5, 0.6) is 5.75 Å². The van der Waals surface area contributed by atoms with E-state index in [0.717, 1.165) is 16.9 Å². The molecule has 0 fully saturated rings. The normalized spacial score (nSPS) is 10.6. The molecule has 0 aliphatic carbocycles. The van der Waals surface area contributed by atoms with Crippen LogP contribution in [0, 0.1) is 0 Å². The average Bonchev–Trinajstić information content (AvgIpc) is 2.96. The number of benzene rings is 2. The summed E-state index contributed by atoms with van der Waals surface area (Å²) in [7, 11) is 0. The molecular formula is C17H17N3O2. The predicted molar refractivity (Wildman–Crippen MR) is 84.9 cm³/mol. The van der Waals surface area contributed by atoms with Gasteiger partial charge in [-0.25, -0.2) is 4.98 Å². The fourth-order valence-electron chi connectivity index (χ4n) is 2.25. The van der Waals surface area contributed by atoms with E-state index in [1.165, 1.54) is 0 Å². The average molecular weight is 295 g/mol. The monoisotopic (exact) mass is 295 g/mol. The van der Waals surface area contributed by atoms with Gasteiger partial charge >= 0.3 is 0 Å². The summed E-state index contributed by atoms with van der Waals surface area (Å²) in [5.41, 5.74) is 2.43. The Morgan fingerprint density at radius 3 is 2.91 bits per heavy atom. The SMILES string of the molecule is CCOc1cccc(C(=O)NCc2nc3ccccc3[nH]2)c1. The number of aromatic amines is 1. The standard InChI is InChI=1S/C17H17N3O2/c1-2-22-13-7-5-6-12(10-13)17(21)18-11-16-19-14-8-3-4-9-15(14)20-16/h3-10H,2,11H2,1H3,(H,18,21)(H,19,20). The van der Waals surface area contributed by atoms with Gasteiger partial charge < -0.3 is 15.0 Å². The zero-order valence-electron chi connectivity index (χ0n) is 12.3. The lowest BCUT2D eigenvalue weighted by Gasteiger charge is -2.06. The van der Waals surface area contributed by atoms with Crippen LogP contribution in [0.1, 0.15) is 23.1 Å². The number of rotatable bonds is 5. The van der Waals surface area contributed by atoms with Crippen LogP contribution >= 0.6 is 0 Å². The van der Waals surface area contributed by atoms with Gasteiger partial charge in [-0.15, -0.1) is 0 Å². The Balaban J connectivity index is 1.67. The Morgan fingerprint density at radius 2 is 2.09 bits per heavy atom. The molecule has 0 aliphatic heterocycles. The van der Waals surface area contributed by atoms with E-state index >= 15 is 0 Å². The van der Waals surface area contributed by atoms with Crippen molar-refractivity contribution in [3.8, 4) is 5.75 Å². The molecule has 22 heavy (non-hydrogen) atoms. The third kappa shape index (κ3) is 3.09. The summed E-state index contributed by atoms with van der Waals surface area (Å²) < 4.78 is 5.40. The maximum atomic E-state index is 12.2. The lowest BCUT2D eigenvalue weighted by Crippen LogP contribution is -2.23. The third-order valence-electron chi connectivity index (χ3n) is 3.26. The highest BCUT2D eigenvalue weighted by Crippen LogP contribution is 2.14. The minimum absolute atomic E-state index is 0.151. The number of hydrogen-bond acceptors (Lipinski definition) is 3. The Morgan fingerprint density at radius 1 is 1.23 bits per heavy atom. The molecule has 0 saturated heterocycles. The first-order valence-corrected chi connectivity index (χ1v) is 7.21. The molecule has 5 heteroatoms. The summed E-state index contributed by atoms with van der Waals surface area (Å²) in [5.74, 6) is 1.27. The number of H-pyrrole nitrogens is 1. The molecule has 1 heterocycles. The summed E-state index contributed by atoms with van der Waals surface area (Å²) >= 11 is 0. The van der Waals surface area contributed by atoms with E-state index in [4.69, 9.17) is 4.74 Å². The first-order chi connectivity index (χ1) is 10.8. The van der Waals surface area contributed by atoms with Crippen LogP contribution in [0.2, 0.25) is 0 Å². The minimum atomic E-state index is -0.151. The largest absolute Gasteiger partial charge is 0.494 e. The number of nitrogens with one attached hydrogen (secondary N) is 2. The lowest BCUT2D eigenvalue weighted by molar-refractivity contribution is 0.0949. The zero-order valence-corrected chi connectivity index (χ0v) is 12.3. The molecular weight excluding hydrogens is 278 g/mol. The Kier molecular flexibility index (Phi) is 4.05. The number of ether oxygens (including phenoxy) is 1. The Bertz CT molecular complexity index is 762. The summed E-state index contributed by atoms with van der Waals surface area (Å²) in [6, 6.07) is 14.9. The Hall–Kier alpha value is -2.82. The molecule has 2 N–H and O–H groups in total. The molecule has 0 spiro atoms. The second-order valence-corrected chi connectivity index (χ2v) is 4.84. The second-order valence-electron chi connectivity index (χ2n) is 4.84. The molecule has 1 aromatic heterocycles. The number of imidazole rings is 1. The first-order valence-electron chi connectivity index (χ1n) is 7.21. The fraction of sp³-hybridized carbons (Fsp3) is 0.176. The Labute approximate surface area is 128 Å². The van der Waals surface area contributed by atoms with Crippen molar-refractivity contribution in [1.82, 2.24) is 15.3 Å². The molecule has 3 aromatic rings. The number of nitrogens with zero attached hydrogens (tertiary/aromatic N) is 1. The predicted octanol–water partition coefficient (Wildman–Crippen LogP) is 2.89. The van der Waals surface area contributed by atoms with E-state index in [-0.39, 0.29) is 5.91 Å². The van der Waals surface area contributed by atoms with Crippen LogP contribution < -0.4 is 10.1 Å². The van der Waals surface area contributed by atoms with E-state index in [9.17, 15) is 4.79 Å². The highest BCUT2D eigenvalue weighted by Gasteiger charge is 2.08. The number of hydrogen-bond donors (Lipinski definition) is 2. The smallest absolute Gasteiger partial charge is 0.251 e. The van der Waals surface area contributed by atoms with Crippen LogP contribution in [0.4, 0.5) is 0 Å². The van der Waals surface area contributed by atoms with Gasteiger partial charge in [0, 0.05) is 5.56 Å². The van der Waals surface area contributed by atoms with Gasteiger partial charge in [0.25, 0.3) is 5.91 Å². The van der Waals surface area contributed by atoms with Crippen LogP contribution in [-0.4, -0.2) is 22.5 Å². The maximum absolute atomic E-state index is 12.2. The first kappa shape index (κ1) is 14.1. The van der Waals surface area contributed by atoms with Gasteiger partial charge in [-0.2, -0.15) is 0 Å². The van der Waals surface area contributed by atoms with Gasteiger partial charge in [-0.3, -0.25) is 4.79 Å². The van der Waals surface area contributed by atoms with E-state index in [1.54, 1.807) is 18.2 Å². The highest BCUT2D eigenvalue weighted by molar-refractivity contribution is 5.94. The van der Waals surface area contributed by atoms with E-state index in [2.05, 4.69) is 15.3 Å². The van der Waals surface area contributed by atoms with Crippen molar-refractivity contribution in [1.29, 1.82) is 0 Å². The van der Waals surface area contributed by atoms with E-state index in [0.29, 0.717) is 24.5 Å². The maximum Gasteiger partial charge on any atom is 0.251 e. The van der Waals surface area contributed by atoms with Crippen molar-refractivity contribution in [2.24, 2.45) is 0 Å². The van der Waals surface area contributed by atoms with Crippen molar-refractivity contribution < 1.29 is 9.53 Å². The van der Waals surface area contributed by atoms with Gasteiger partial charge in [0.15, 0.2) is 0 Å². The van der Waals surface area contributed by atoms with Crippen molar-refractivity contribution >= 4 is 16.9 Å². The molecule has 1 amide bonds. The van der Waals surface area contributed by atoms with Crippen LogP contribution in [0.25, 0.3) is 11.0 Å². The molecule has 112 valence electrons. The molecule has 0 bridgehead atoms. The van der Waals surface area contributed by atoms with Crippen molar-refractivity contribution in [3.63, 3.8) is 0 Å². The highest BCUT2D eigenvalue weighted by atomic mass is 16.5. The second kappa shape index (κ2) is 6.30. The van der Waals surface area contributed by atoms with Crippen LogP contribution in [0.3, 0.4) is 0 Å². The molecule has 0 saturated carbocycles. The van der Waals surface area contributed by atoms with Crippen LogP contribution in [-0.2, 0) is 6.54 Å². The van der Waals surface area contributed by atoms with Crippen LogP contribution in [0.15, 0.2) is 48.5 Å². The third-order valence-corrected chi connectivity index (χ3v) is 3.26. The minimum Gasteiger partial charge on any atom is -0.494 e. The number of carbonyl (C=O) groups is 1. The summed E-state index contributed by atoms with van der Waals surface area (Å²) in [6.45, 7) is 2.84. The molecule has 0 unspecified atom stereocenters. The van der Waals surface area contributed by atoms with Gasteiger partial charge in [0.1, 0.15) is 11.6 Å². The van der Waals surface area contributed by atoms with E-state index < -0.39 is 0 Å². The van der Waals surface area contributed by atoms with Crippen molar-refractivity contribution in [3.05, 3.63) is 59.9 Å². The van der Waals surface area contributed by atoms with Gasteiger partial charge in [0.05, 0.1) is 24.2 Å². The topological polar surface area (TPSA) is 67.0 Å². The fourth-order valence-corrected chi connectivity index (χ4v) is 2.25. The molecule has 5 nitrogen and oxygen atoms in total. The molecule has 3 rings (SSSR count). The molecule has 0 radical (unpaired) electrons. The van der Waals surface area contributed by atoms with Gasteiger partial charge in [-0.05, 0) is 37.3 Å². The summed E-state index contributed by atoms with van der Waals surface area (Å²) in [5, 5.41) is 2.86. The lowest BCUT2D eigenvalue weighted by atomic mass is 10.2. The van der Waals surface area contributed by atoms with Gasteiger partial charge in [0.2, 0.25) is 0 Å². The number of carbonyl (C=O) groups excluding carboxylic acids is 1. The molecule has 0 aliphatic rings. The number of fused-ring (bicyclic) bond motifs is 1. The molecule has 2 aromatic carbocycles. The zero-order chi connectivity index (χ0) is 15.4. The van der Waals surface area contributed by atoms with Crippen molar-refractivity contribution in [2.75, 3.05) is 6.61 Å². The quantitative estimate of drug-likeness (QED) is 0.760. The molecule has 0 atom stereocenters. The number of amides is 1.